The first-order valence-corrected chi connectivity index (χ1v) is 5.79. The molecule has 1 aliphatic carbocycles. The lowest BCUT2D eigenvalue weighted by Gasteiger charge is -2.22. The van der Waals surface area contributed by atoms with Gasteiger partial charge in [0.25, 0.3) is 0 Å². The average Bonchev–Trinajstić information content (AvgIpc) is 2.24. The Morgan fingerprint density at radius 2 is 1.93 bits per heavy atom. The van der Waals surface area contributed by atoms with Gasteiger partial charge in [-0.05, 0) is 30.0 Å². The molecule has 1 aromatic rings. The SMILES string of the molecule is Nc1cc(F)ccc1CC1CCCCC1. The van der Waals surface area contributed by atoms with Crippen LogP contribution in [-0.2, 0) is 6.42 Å². The standard InChI is InChI=1S/C13H18FN/c14-12-7-6-11(13(15)9-12)8-10-4-2-1-3-5-10/h6-7,9-10H,1-5,8,15H2. The van der Waals surface area contributed by atoms with E-state index in [9.17, 15) is 4.39 Å². The zero-order valence-electron chi connectivity index (χ0n) is 9.01. The number of anilines is 1. The van der Waals surface area contributed by atoms with E-state index in [0.717, 1.165) is 17.9 Å². The zero-order chi connectivity index (χ0) is 10.7. The van der Waals surface area contributed by atoms with Crippen LogP contribution >= 0.6 is 0 Å². The highest BCUT2D eigenvalue weighted by Crippen LogP contribution is 2.28. The molecule has 1 aliphatic rings. The lowest BCUT2D eigenvalue weighted by Crippen LogP contribution is -2.10. The molecule has 0 radical (unpaired) electrons. The van der Waals surface area contributed by atoms with Gasteiger partial charge in [0.1, 0.15) is 5.82 Å². The molecule has 1 fully saturated rings. The number of rotatable bonds is 2. The fraction of sp³-hybridized carbons (Fsp3) is 0.538. The number of nitrogens with two attached hydrogens (primary N) is 1. The number of halogens is 1. The van der Waals surface area contributed by atoms with Gasteiger partial charge in [-0.25, -0.2) is 4.39 Å². The molecule has 1 nitrogen and oxygen atoms in total. The van der Waals surface area contributed by atoms with Gasteiger partial charge in [-0.15, -0.1) is 0 Å². The number of hydrogen-bond acceptors (Lipinski definition) is 1. The molecule has 2 heteroatoms. The molecular weight excluding hydrogens is 189 g/mol. The predicted octanol–water partition coefficient (Wildman–Crippen LogP) is 3.53. The van der Waals surface area contributed by atoms with Crippen LogP contribution in [0, 0.1) is 11.7 Å². The summed E-state index contributed by atoms with van der Waals surface area (Å²) < 4.78 is 12.8. The summed E-state index contributed by atoms with van der Waals surface area (Å²) in [5, 5.41) is 0. The summed E-state index contributed by atoms with van der Waals surface area (Å²) in [5.41, 5.74) is 7.52. The van der Waals surface area contributed by atoms with Crippen LogP contribution in [0.1, 0.15) is 37.7 Å². The Balaban J connectivity index is 2.03. The van der Waals surface area contributed by atoms with E-state index in [-0.39, 0.29) is 5.82 Å². The molecule has 0 aliphatic heterocycles. The summed E-state index contributed by atoms with van der Waals surface area (Å²) in [7, 11) is 0. The minimum absolute atomic E-state index is 0.236. The van der Waals surface area contributed by atoms with Crippen LogP contribution in [0.5, 0.6) is 0 Å². The molecule has 2 rings (SSSR count). The van der Waals surface area contributed by atoms with Crippen LogP contribution in [0.15, 0.2) is 18.2 Å². The molecule has 0 amide bonds. The van der Waals surface area contributed by atoms with Crippen LogP contribution in [-0.4, -0.2) is 0 Å². The van der Waals surface area contributed by atoms with Crippen molar-refractivity contribution in [1.82, 2.24) is 0 Å². The van der Waals surface area contributed by atoms with Gasteiger partial charge < -0.3 is 5.73 Å². The van der Waals surface area contributed by atoms with E-state index in [1.807, 2.05) is 6.07 Å². The Labute approximate surface area is 90.5 Å². The smallest absolute Gasteiger partial charge is 0.125 e. The summed E-state index contributed by atoms with van der Waals surface area (Å²) in [4.78, 5) is 0. The van der Waals surface area contributed by atoms with Gasteiger partial charge in [-0.2, -0.15) is 0 Å². The lowest BCUT2D eigenvalue weighted by molar-refractivity contribution is 0.357. The summed E-state index contributed by atoms with van der Waals surface area (Å²) in [6, 6.07) is 4.77. The van der Waals surface area contributed by atoms with E-state index in [0.29, 0.717) is 5.69 Å². The van der Waals surface area contributed by atoms with Gasteiger partial charge in [0, 0.05) is 5.69 Å². The van der Waals surface area contributed by atoms with Crippen molar-refractivity contribution in [2.24, 2.45) is 5.92 Å². The van der Waals surface area contributed by atoms with Gasteiger partial charge in [-0.1, -0.05) is 38.2 Å². The van der Waals surface area contributed by atoms with E-state index in [1.54, 1.807) is 0 Å². The van der Waals surface area contributed by atoms with E-state index < -0.39 is 0 Å². The molecule has 0 bridgehead atoms. The minimum Gasteiger partial charge on any atom is -0.398 e. The molecule has 1 saturated carbocycles. The third kappa shape index (κ3) is 2.71. The number of hydrogen-bond donors (Lipinski definition) is 1. The van der Waals surface area contributed by atoms with Crippen LogP contribution in [0.25, 0.3) is 0 Å². The molecular formula is C13H18FN. The quantitative estimate of drug-likeness (QED) is 0.738. The van der Waals surface area contributed by atoms with Crippen molar-refractivity contribution in [3.05, 3.63) is 29.6 Å². The van der Waals surface area contributed by atoms with Gasteiger partial charge in [0.2, 0.25) is 0 Å². The highest BCUT2D eigenvalue weighted by atomic mass is 19.1. The van der Waals surface area contributed by atoms with Crippen molar-refractivity contribution in [1.29, 1.82) is 0 Å². The summed E-state index contributed by atoms with van der Waals surface area (Å²) in [6.45, 7) is 0. The molecule has 0 aromatic heterocycles. The number of nitrogen functional groups attached to an aromatic ring is 1. The Kier molecular flexibility index (Phi) is 3.24. The van der Waals surface area contributed by atoms with Crippen molar-refractivity contribution in [3.8, 4) is 0 Å². The second kappa shape index (κ2) is 4.65. The maximum Gasteiger partial charge on any atom is 0.125 e. The summed E-state index contributed by atoms with van der Waals surface area (Å²) in [5.74, 6) is 0.520. The second-order valence-corrected chi connectivity index (χ2v) is 4.55. The molecule has 82 valence electrons. The van der Waals surface area contributed by atoms with Crippen LogP contribution in [0.2, 0.25) is 0 Å². The fourth-order valence-corrected chi connectivity index (χ4v) is 2.45. The maximum atomic E-state index is 12.8. The molecule has 0 saturated heterocycles. The van der Waals surface area contributed by atoms with Crippen molar-refractivity contribution in [2.75, 3.05) is 5.73 Å². The van der Waals surface area contributed by atoms with Crippen molar-refractivity contribution in [2.45, 2.75) is 38.5 Å². The largest absolute Gasteiger partial charge is 0.398 e. The third-order valence-corrected chi connectivity index (χ3v) is 3.34. The van der Waals surface area contributed by atoms with Crippen molar-refractivity contribution < 1.29 is 4.39 Å². The van der Waals surface area contributed by atoms with Gasteiger partial charge >= 0.3 is 0 Å². The lowest BCUT2D eigenvalue weighted by atomic mass is 9.84. The second-order valence-electron chi connectivity index (χ2n) is 4.55. The molecule has 0 atom stereocenters. The van der Waals surface area contributed by atoms with Crippen molar-refractivity contribution >= 4 is 5.69 Å². The Hall–Kier alpha value is -1.05. The van der Waals surface area contributed by atoms with Crippen LogP contribution in [0.4, 0.5) is 10.1 Å². The van der Waals surface area contributed by atoms with Crippen molar-refractivity contribution in [3.63, 3.8) is 0 Å². The zero-order valence-corrected chi connectivity index (χ0v) is 9.01. The Morgan fingerprint density at radius 1 is 1.20 bits per heavy atom. The molecule has 0 spiro atoms. The van der Waals surface area contributed by atoms with E-state index in [1.165, 1.54) is 44.2 Å². The topological polar surface area (TPSA) is 26.0 Å². The Bertz CT molecular complexity index is 329. The minimum atomic E-state index is -0.236. The van der Waals surface area contributed by atoms with Gasteiger partial charge in [-0.3, -0.25) is 0 Å². The first kappa shape index (κ1) is 10.5. The average molecular weight is 207 g/mol. The Morgan fingerprint density at radius 3 is 2.60 bits per heavy atom. The van der Waals surface area contributed by atoms with Gasteiger partial charge in [0.15, 0.2) is 0 Å². The van der Waals surface area contributed by atoms with Crippen LogP contribution < -0.4 is 5.73 Å². The fourth-order valence-electron chi connectivity index (χ4n) is 2.45. The molecule has 15 heavy (non-hydrogen) atoms. The third-order valence-electron chi connectivity index (χ3n) is 3.34. The van der Waals surface area contributed by atoms with Crippen LogP contribution in [0.3, 0.4) is 0 Å². The van der Waals surface area contributed by atoms with E-state index in [2.05, 4.69) is 0 Å². The van der Waals surface area contributed by atoms with Gasteiger partial charge in [0.05, 0.1) is 0 Å². The summed E-state index contributed by atoms with van der Waals surface area (Å²) >= 11 is 0. The van der Waals surface area contributed by atoms with E-state index >= 15 is 0 Å². The predicted molar refractivity (Wildman–Crippen MR) is 61.1 cm³/mol. The molecule has 1 aromatic carbocycles. The highest BCUT2D eigenvalue weighted by molar-refractivity contribution is 5.47. The monoisotopic (exact) mass is 207 g/mol. The molecule has 0 heterocycles. The first-order valence-electron chi connectivity index (χ1n) is 5.79. The molecule has 0 unspecified atom stereocenters. The molecule has 2 N–H and O–H groups in total. The maximum absolute atomic E-state index is 12.8. The normalized spacial score (nSPS) is 17.9. The first-order chi connectivity index (χ1) is 7.25. The number of benzene rings is 1. The summed E-state index contributed by atoms with van der Waals surface area (Å²) in [6.07, 6.45) is 7.67. The van der Waals surface area contributed by atoms with E-state index in [4.69, 9.17) is 5.73 Å². The highest BCUT2D eigenvalue weighted by Gasteiger charge is 2.15.